The molecule has 1 amide bonds. The molecule has 0 aliphatic carbocycles. The van der Waals surface area contributed by atoms with Crippen molar-refractivity contribution in [3.05, 3.63) is 41.2 Å². The number of nitrogens with zero attached hydrogens (tertiary/aromatic N) is 5. The van der Waals surface area contributed by atoms with Gasteiger partial charge in [0, 0.05) is 25.2 Å². The molecule has 0 aromatic carbocycles. The van der Waals surface area contributed by atoms with Gasteiger partial charge in [-0.15, -0.1) is 0 Å². The molecule has 10 heteroatoms. The fourth-order valence-electron chi connectivity index (χ4n) is 2.56. The Balaban J connectivity index is 1.92. The van der Waals surface area contributed by atoms with Crippen LogP contribution >= 0.6 is 0 Å². The van der Waals surface area contributed by atoms with Gasteiger partial charge in [-0.25, -0.2) is 19.7 Å². The van der Waals surface area contributed by atoms with Crippen LogP contribution in [0, 0.1) is 24.2 Å². The van der Waals surface area contributed by atoms with E-state index in [2.05, 4.69) is 30.3 Å². The minimum atomic E-state index is -0.714. The first-order chi connectivity index (χ1) is 12.9. The van der Waals surface area contributed by atoms with E-state index >= 15 is 0 Å². The second-order valence-corrected chi connectivity index (χ2v) is 5.76. The average molecular weight is 369 g/mol. The first kappa shape index (κ1) is 18.1. The molecule has 27 heavy (non-hydrogen) atoms. The summed E-state index contributed by atoms with van der Waals surface area (Å²) in [6.07, 6.45) is 0.914. The number of anilines is 2. The molecule has 0 atom stereocenters. The van der Waals surface area contributed by atoms with Crippen molar-refractivity contribution in [2.45, 2.75) is 13.5 Å². The number of aromatic nitrogens is 4. The van der Waals surface area contributed by atoms with E-state index in [9.17, 15) is 9.18 Å². The van der Waals surface area contributed by atoms with Crippen LogP contribution in [0.15, 0.2) is 18.5 Å². The molecular weight excluding hydrogens is 353 g/mol. The van der Waals surface area contributed by atoms with Crippen molar-refractivity contribution in [2.24, 2.45) is 7.05 Å². The lowest BCUT2D eigenvalue weighted by molar-refractivity contribution is 0.187. The molecule has 0 radical (unpaired) electrons. The first-order valence-electron chi connectivity index (χ1n) is 7.90. The molecule has 0 spiro atoms. The molecule has 138 valence electrons. The van der Waals surface area contributed by atoms with Gasteiger partial charge in [-0.05, 0) is 18.6 Å². The average Bonchev–Trinajstić information content (AvgIpc) is 3.02. The van der Waals surface area contributed by atoms with Crippen LogP contribution in [0.3, 0.4) is 0 Å². The lowest BCUT2D eigenvalue weighted by Crippen LogP contribution is -2.14. The maximum atomic E-state index is 14.2. The molecule has 3 aromatic heterocycles. The van der Waals surface area contributed by atoms with Gasteiger partial charge >= 0.3 is 6.09 Å². The summed E-state index contributed by atoms with van der Waals surface area (Å²) in [4.78, 5) is 23.7. The van der Waals surface area contributed by atoms with E-state index < -0.39 is 12.0 Å². The minimum absolute atomic E-state index is 0.0211. The molecule has 2 N–H and O–H groups in total. The topological polar surface area (TPSA) is 118 Å². The smallest absolute Gasteiger partial charge is 0.412 e. The van der Waals surface area contributed by atoms with Crippen molar-refractivity contribution in [2.75, 3.05) is 17.7 Å². The number of nitrogens with one attached hydrogen (secondary N) is 2. The molecular formula is C17H16FN7O2. The number of imidazole rings is 1. The van der Waals surface area contributed by atoms with Gasteiger partial charge in [0.2, 0.25) is 5.95 Å². The third-order valence-electron chi connectivity index (χ3n) is 3.98. The molecule has 3 aromatic rings. The van der Waals surface area contributed by atoms with Crippen molar-refractivity contribution in [3.63, 3.8) is 0 Å². The summed E-state index contributed by atoms with van der Waals surface area (Å²) in [6.45, 7) is 1.80. The molecule has 3 heterocycles. The Kier molecular flexibility index (Phi) is 4.85. The molecule has 0 bridgehead atoms. The summed E-state index contributed by atoms with van der Waals surface area (Å²) < 4.78 is 20.5. The second kappa shape index (κ2) is 7.25. The lowest BCUT2D eigenvalue weighted by Gasteiger charge is -2.11. The predicted octanol–water partition coefficient (Wildman–Crippen LogP) is 2.47. The predicted molar refractivity (Wildman–Crippen MR) is 95.5 cm³/mol. The van der Waals surface area contributed by atoms with Gasteiger partial charge in [0.1, 0.15) is 23.1 Å². The van der Waals surface area contributed by atoms with Crippen molar-refractivity contribution in [1.82, 2.24) is 19.5 Å². The number of nitriles is 1. The minimum Gasteiger partial charge on any atom is -0.453 e. The number of pyridine rings is 2. The molecule has 0 saturated heterocycles. The number of hydrogen-bond donors (Lipinski definition) is 2. The Bertz CT molecular complexity index is 1050. The number of hydrogen-bond acceptors (Lipinski definition) is 7. The van der Waals surface area contributed by atoms with Gasteiger partial charge < -0.3 is 14.6 Å². The van der Waals surface area contributed by atoms with E-state index in [-0.39, 0.29) is 18.1 Å². The molecule has 0 saturated carbocycles. The highest BCUT2D eigenvalue weighted by Gasteiger charge is 2.15. The zero-order chi connectivity index (χ0) is 19.6. The Labute approximate surface area is 153 Å². The van der Waals surface area contributed by atoms with Crippen molar-refractivity contribution >= 4 is 28.8 Å². The summed E-state index contributed by atoms with van der Waals surface area (Å²) in [7, 11) is 3.05. The number of fused-ring (bicyclic) bond motifs is 1. The Morgan fingerprint density at radius 2 is 2.19 bits per heavy atom. The zero-order valence-corrected chi connectivity index (χ0v) is 14.9. The first-order valence-corrected chi connectivity index (χ1v) is 7.90. The fourth-order valence-corrected chi connectivity index (χ4v) is 2.56. The van der Waals surface area contributed by atoms with E-state index in [1.165, 1.54) is 13.2 Å². The molecule has 0 fully saturated rings. The maximum absolute atomic E-state index is 14.2. The summed E-state index contributed by atoms with van der Waals surface area (Å²) in [5, 5.41) is 14.4. The van der Waals surface area contributed by atoms with Gasteiger partial charge in [-0.2, -0.15) is 9.65 Å². The fraction of sp³-hybridized carbons (Fsp3) is 0.235. The number of ether oxygens (including phenoxy) is 1. The number of aryl methyl sites for hydroxylation is 2. The van der Waals surface area contributed by atoms with Gasteiger partial charge in [0.25, 0.3) is 0 Å². The maximum Gasteiger partial charge on any atom is 0.412 e. The molecule has 0 aliphatic rings. The van der Waals surface area contributed by atoms with Gasteiger partial charge in [0.15, 0.2) is 5.82 Å². The Morgan fingerprint density at radius 3 is 2.85 bits per heavy atom. The second-order valence-electron chi connectivity index (χ2n) is 5.76. The number of amides is 1. The number of carbonyl (C=O) groups is 1. The molecule has 9 nitrogen and oxygen atoms in total. The van der Waals surface area contributed by atoms with Crippen LogP contribution in [0.5, 0.6) is 0 Å². The molecule has 3 rings (SSSR count). The van der Waals surface area contributed by atoms with E-state index in [0.717, 1.165) is 0 Å². The Morgan fingerprint density at radius 1 is 1.41 bits per heavy atom. The summed E-state index contributed by atoms with van der Waals surface area (Å²) in [5.74, 6) is -0.0909. The van der Waals surface area contributed by atoms with E-state index in [1.807, 2.05) is 6.07 Å². The summed E-state index contributed by atoms with van der Waals surface area (Å²) in [5.41, 5.74) is 2.15. The SMILES string of the molecule is COC(=O)Nc1nc(NCc2c(C)cc(C#N)nc2F)cc2c1ncn2C. The number of rotatable bonds is 4. The van der Waals surface area contributed by atoms with E-state index in [0.29, 0.717) is 28.0 Å². The van der Waals surface area contributed by atoms with Crippen LogP contribution in [-0.2, 0) is 18.3 Å². The highest BCUT2D eigenvalue weighted by Crippen LogP contribution is 2.24. The summed E-state index contributed by atoms with van der Waals surface area (Å²) in [6, 6.07) is 5.07. The van der Waals surface area contributed by atoms with E-state index in [4.69, 9.17) is 5.26 Å². The van der Waals surface area contributed by atoms with Crippen LogP contribution in [0.1, 0.15) is 16.8 Å². The highest BCUT2D eigenvalue weighted by atomic mass is 19.1. The lowest BCUT2D eigenvalue weighted by atomic mass is 10.1. The summed E-state index contributed by atoms with van der Waals surface area (Å²) >= 11 is 0. The van der Waals surface area contributed by atoms with Gasteiger partial charge in [-0.3, -0.25) is 5.32 Å². The molecule has 0 aliphatic heterocycles. The van der Waals surface area contributed by atoms with Crippen LogP contribution in [0.2, 0.25) is 0 Å². The third-order valence-corrected chi connectivity index (χ3v) is 3.98. The van der Waals surface area contributed by atoms with Crippen LogP contribution < -0.4 is 10.6 Å². The van der Waals surface area contributed by atoms with Crippen LogP contribution in [0.4, 0.5) is 20.8 Å². The molecule has 0 unspecified atom stereocenters. The van der Waals surface area contributed by atoms with Crippen molar-refractivity contribution < 1.29 is 13.9 Å². The monoisotopic (exact) mass is 369 g/mol. The van der Waals surface area contributed by atoms with Crippen LogP contribution in [-0.4, -0.2) is 32.7 Å². The van der Waals surface area contributed by atoms with E-state index in [1.54, 1.807) is 30.9 Å². The highest BCUT2D eigenvalue weighted by molar-refractivity contribution is 5.96. The number of methoxy groups -OCH3 is 1. The standard InChI is InChI=1S/C17H16FN7O2/c1-9-4-10(6-19)22-15(18)11(9)7-20-13-5-12-14(21-8-25(12)2)16(23-13)24-17(26)27-3/h4-5,8H,7H2,1-3H3,(H2,20,23,24,26). The van der Waals surface area contributed by atoms with Gasteiger partial charge in [-0.1, -0.05) is 0 Å². The van der Waals surface area contributed by atoms with Gasteiger partial charge in [0.05, 0.1) is 19.0 Å². The number of halogens is 1. The zero-order valence-electron chi connectivity index (χ0n) is 14.9. The largest absolute Gasteiger partial charge is 0.453 e. The normalized spacial score (nSPS) is 10.5. The van der Waals surface area contributed by atoms with Crippen molar-refractivity contribution in [1.29, 1.82) is 5.26 Å². The quantitative estimate of drug-likeness (QED) is 0.678. The third kappa shape index (κ3) is 3.62. The Hall–Kier alpha value is -3.74. The van der Waals surface area contributed by atoms with Crippen LogP contribution in [0.25, 0.3) is 11.0 Å². The number of carbonyl (C=O) groups excluding carboxylic acids is 1. The van der Waals surface area contributed by atoms with Crippen molar-refractivity contribution in [3.8, 4) is 6.07 Å².